The molecule has 130 valence electrons. The standard InChI is InChI=1S/C21H23NO3/c1-15(2)13-19(21(24)25)22-18(16-9-5-3-6-10-16)14-20(23)17-11-7-4-8-12-17/h3-12,14-15,19,22H,13H2,1-2H3,(H,24,25)/b18-14-/t19-/m1/s1. The van der Waals surface area contributed by atoms with E-state index >= 15 is 0 Å². The van der Waals surface area contributed by atoms with Crippen LogP contribution in [-0.2, 0) is 4.79 Å². The van der Waals surface area contributed by atoms with E-state index in [0.29, 0.717) is 17.7 Å². The number of rotatable bonds is 8. The third-order valence-electron chi connectivity index (χ3n) is 3.75. The van der Waals surface area contributed by atoms with Crippen LogP contribution in [0.1, 0.15) is 36.2 Å². The predicted molar refractivity (Wildman–Crippen MR) is 99.2 cm³/mol. The summed E-state index contributed by atoms with van der Waals surface area (Å²) in [7, 11) is 0. The van der Waals surface area contributed by atoms with Crippen LogP contribution in [0.5, 0.6) is 0 Å². The van der Waals surface area contributed by atoms with Crippen molar-refractivity contribution in [2.45, 2.75) is 26.3 Å². The highest BCUT2D eigenvalue weighted by molar-refractivity contribution is 6.08. The normalized spacial score (nSPS) is 12.7. The quantitative estimate of drug-likeness (QED) is 0.564. The average Bonchev–Trinajstić information content (AvgIpc) is 2.61. The molecule has 0 bridgehead atoms. The molecule has 0 aliphatic carbocycles. The highest BCUT2D eigenvalue weighted by Crippen LogP contribution is 2.16. The van der Waals surface area contributed by atoms with Crippen molar-refractivity contribution in [3.63, 3.8) is 0 Å². The van der Waals surface area contributed by atoms with Crippen LogP contribution in [-0.4, -0.2) is 22.9 Å². The first-order chi connectivity index (χ1) is 12.0. The number of carboxylic acid groups (broad SMARTS) is 1. The zero-order valence-electron chi connectivity index (χ0n) is 14.5. The fraction of sp³-hybridized carbons (Fsp3) is 0.238. The number of ketones is 1. The number of aliphatic carboxylic acids is 1. The van der Waals surface area contributed by atoms with Crippen LogP contribution in [0, 0.1) is 5.92 Å². The van der Waals surface area contributed by atoms with Gasteiger partial charge >= 0.3 is 5.97 Å². The van der Waals surface area contributed by atoms with Crippen LogP contribution in [0.3, 0.4) is 0 Å². The average molecular weight is 337 g/mol. The van der Waals surface area contributed by atoms with E-state index in [2.05, 4.69) is 5.32 Å². The Morgan fingerprint density at radius 3 is 1.96 bits per heavy atom. The molecule has 0 radical (unpaired) electrons. The molecule has 0 saturated carbocycles. The number of benzene rings is 2. The fourth-order valence-corrected chi connectivity index (χ4v) is 2.52. The Labute approximate surface area is 148 Å². The largest absolute Gasteiger partial charge is 0.480 e. The minimum Gasteiger partial charge on any atom is -0.480 e. The summed E-state index contributed by atoms with van der Waals surface area (Å²) in [5.74, 6) is -0.876. The molecule has 0 spiro atoms. The van der Waals surface area contributed by atoms with Crippen molar-refractivity contribution in [3.05, 3.63) is 77.9 Å². The summed E-state index contributed by atoms with van der Waals surface area (Å²) in [4.78, 5) is 24.1. The molecule has 2 rings (SSSR count). The Kier molecular flexibility index (Phi) is 6.52. The van der Waals surface area contributed by atoms with Crippen molar-refractivity contribution < 1.29 is 14.7 Å². The minimum absolute atomic E-state index is 0.166. The summed E-state index contributed by atoms with van der Waals surface area (Å²) in [5, 5.41) is 12.5. The summed E-state index contributed by atoms with van der Waals surface area (Å²) in [6, 6.07) is 17.5. The van der Waals surface area contributed by atoms with Crippen LogP contribution in [0.2, 0.25) is 0 Å². The second-order valence-corrected chi connectivity index (χ2v) is 6.32. The van der Waals surface area contributed by atoms with Crippen molar-refractivity contribution in [1.29, 1.82) is 0 Å². The monoisotopic (exact) mass is 337 g/mol. The molecule has 4 heteroatoms. The van der Waals surface area contributed by atoms with Gasteiger partial charge in [-0.3, -0.25) is 4.79 Å². The van der Waals surface area contributed by atoms with Gasteiger partial charge in [-0.15, -0.1) is 0 Å². The van der Waals surface area contributed by atoms with Crippen molar-refractivity contribution >= 4 is 17.4 Å². The topological polar surface area (TPSA) is 66.4 Å². The van der Waals surface area contributed by atoms with Crippen molar-refractivity contribution in [2.75, 3.05) is 0 Å². The molecular formula is C21H23NO3. The summed E-state index contributed by atoms with van der Waals surface area (Å²) in [6.45, 7) is 3.94. The predicted octanol–water partition coefficient (Wildman–Crippen LogP) is 4.00. The molecule has 0 fully saturated rings. The first-order valence-corrected chi connectivity index (χ1v) is 8.33. The van der Waals surface area contributed by atoms with Gasteiger partial charge in [0.2, 0.25) is 0 Å². The lowest BCUT2D eigenvalue weighted by molar-refractivity contribution is -0.139. The van der Waals surface area contributed by atoms with Gasteiger partial charge < -0.3 is 10.4 Å². The number of allylic oxidation sites excluding steroid dienone is 1. The van der Waals surface area contributed by atoms with Gasteiger partial charge in [-0.1, -0.05) is 74.5 Å². The number of nitrogens with one attached hydrogen (secondary N) is 1. The van der Waals surface area contributed by atoms with E-state index in [1.54, 1.807) is 24.3 Å². The Bertz CT molecular complexity index is 736. The molecule has 0 aromatic heterocycles. The molecule has 2 aromatic carbocycles. The van der Waals surface area contributed by atoms with E-state index in [1.807, 2.05) is 50.2 Å². The van der Waals surface area contributed by atoms with Crippen molar-refractivity contribution in [3.8, 4) is 0 Å². The molecule has 2 aromatic rings. The smallest absolute Gasteiger partial charge is 0.326 e. The molecule has 1 atom stereocenters. The summed E-state index contributed by atoms with van der Waals surface area (Å²) < 4.78 is 0. The first-order valence-electron chi connectivity index (χ1n) is 8.33. The molecule has 0 heterocycles. The molecule has 2 N–H and O–H groups in total. The molecule has 0 aliphatic rings. The third-order valence-corrected chi connectivity index (χ3v) is 3.75. The van der Waals surface area contributed by atoms with Crippen molar-refractivity contribution in [2.24, 2.45) is 5.92 Å². The highest BCUT2D eigenvalue weighted by Gasteiger charge is 2.20. The van der Waals surface area contributed by atoms with Gasteiger partial charge in [0.25, 0.3) is 0 Å². The fourth-order valence-electron chi connectivity index (χ4n) is 2.52. The summed E-state index contributed by atoms with van der Waals surface area (Å²) >= 11 is 0. The zero-order chi connectivity index (χ0) is 18.2. The summed E-state index contributed by atoms with van der Waals surface area (Å²) in [5.41, 5.74) is 1.86. The van der Waals surface area contributed by atoms with Crippen LogP contribution >= 0.6 is 0 Å². The first kappa shape index (κ1) is 18.5. The number of carbonyl (C=O) groups is 2. The van der Waals surface area contributed by atoms with Gasteiger partial charge in [0, 0.05) is 17.3 Å². The third kappa shape index (κ3) is 5.60. The molecule has 0 saturated heterocycles. The molecular weight excluding hydrogens is 314 g/mol. The van der Waals surface area contributed by atoms with E-state index in [0.717, 1.165) is 5.56 Å². The molecule has 0 amide bonds. The number of carbonyl (C=O) groups excluding carboxylic acids is 1. The van der Waals surface area contributed by atoms with Crippen LogP contribution < -0.4 is 5.32 Å². The molecule has 0 unspecified atom stereocenters. The van der Waals surface area contributed by atoms with Gasteiger partial charge in [0.1, 0.15) is 6.04 Å². The van der Waals surface area contributed by atoms with Gasteiger partial charge in [0.05, 0.1) is 0 Å². The minimum atomic E-state index is -0.928. The van der Waals surface area contributed by atoms with Gasteiger partial charge in [-0.05, 0) is 17.9 Å². The van der Waals surface area contributed by atoms with E-state index in [1.165, 1.54) is 6.08 Å². The highest BCUT2D eigenvalue weighted by atomic mass is 16.4. The number of hydrogen-bond acceptors (Lipinski definition) is 3. The number of carboxylic acids is 1. The van der Waals surface area contributed by atoms with Crippen LogP contribution in [0.15, 0.2) is 66.7 Å². The van der Waals surface area contributed by atoms with Gasteiger partial charge in [0.15, 0.2) is 5.78 Å². The van der Waals surface area contributed by atoms with Gasteiger partial charge in [-0.2, -0.15) is 0 Å². The summed E-state index contributed by atoms with van der Waals surface area (Å²) in [6.07, 6.45) is 1.94. The van der Waals surface area contributed by atoms with E-state index in [-0.39, 0.29) is 11.7 Å². The Morgan fingerprint density at radius 2 is 1.48 bits per heavy atom. The Balaban J connectivity index is 2.35. The number of hydrogen-bond donors (Lipinski definition) is 2. The van der Waals surface area contributed by atoms with Crippen LogP contribution in [0.25, 0.3) is 5.70 Å². The Morgan fingerprint density at radius 1 is 0.960 bits per heavy atom. The second kappa shape index (κ2) is 8.83. The Hall–Kier alpha value is -2.88. The maximum atomic E-state index is 12.5. The zero-order valence-corrected chi connectivity index (χ0v) is 14.5. The van der Waals surface area contributed by atoms with Gasteiger partial charge in [-0.25, -0.2) is 4.79 Å². The maximum Gasteiger partial charge on any atom is 0.326 e. The SMILES string of the molecule is CC(C)C[C@@H](N/C(=C\C(=O)c1ccccc1)c1ccccc1)C(=O)O. The maximum absolute atomic E-state index is 12.5. The van der Waals surface area contributed by atoms with E-state index in [4.69, 9.17) is 0 Å². The van der Waals surface area contributed by atoms with E-state index in [9.17, 15) is 14.7 Å². The molecule has 4 nitrogen and oxygen atoms in total. The lowest BCUT2D eigenvalue weighted by Crippen LogP contribution is -2.36. The van der Waals surface area contributed by atoms with E-state index < -0.39 is 12.0 Å². The lowest BCUT2D eigenvalue weighted by atomic mass is 10.0. The second-order valence-electron chi connectivity index (χ2n) is 6.32. The van der Waals surface area contributed by atoms with Crippen LogP contribution in [0.4, 0.5) is 0 Å². The van der Waals surface area contributed by atoms with Crippen molar-refractivity contribution in [1.82, 2.24) is 5.32 Å². The molecule has 25 heavy (non-hydrogen) atoms. The lowest BCUT2D eigenvalue weighted by Gasteiger charge is -2.20. The molecule has 0 aliphatic heterocycles.